The van der Waals surface area contributed by atoms with E-state index in [4.69, 9.17) is 9.15 Å². The maximum Gasteiger partial charge on any atom is 0.254 e. The number of ether oxygens (including phenoxy) is 1. The molecule has 1 saturated heterocycles. The van der Waals surface area contributed by atoms with Crippen LogP contribution >= 0.6 is 0 Å². The number of anilines is 1. The number of aromatic nitrogens is 5. The van der Waals surface area contributed by atoms with Crippen LogP contribution in [0.25, 0.3) is 11.5 Å². The van der Waals surface area contributed by atoms with Gasteiger partial charge in [0.1, 0.15) is 5.56 Å². The van der Waals surface area contributed by atoms with Crippen molar-refractivity contribution in [3.63, 3.8) is 0 Å². The quantitative estimate of drug-likeness (QED) is 0.506. The van der Waals surface area contributed by atoms with Gasteiger partial charge < -0.3 is 19.4 Å². The van der Waals surface area contributed by atoms with Gasteiger partial charge in [-0.15, -0.1) is 10.2 Å². The lowest BCUT2D eigenvalue weighted by molar-refractivity contribution is 0.138. The minimum Gasteiger partial charge on any atom is -0.477 e. The van der Waals surface area contributed by atoms with Gasteiger partial charge >= 0.3 is 0 Å². The van der Waals surface area contributed by atoms with E-state index in [9.17, 15) is 0 Å². The van der Waals surface area contributed by atoms with Crippen LogP contribution in [0.5, 0.6) is 5.88 Å². The Morgan fingerprint density at radius 2 is 1.94 bits per heavy atom. The number of rotatable bonds is 10. The molecule has 0 radical (unpaired) electrons. The summed E-state index contributed by atoms with van der Waals surface area (Å²) in [6.07, 6.45) is 6.98. The maximum absolute atomic E-state index is 5.93. The number of piperazine rings is 1. The fourth-order valence-corrected chi connectivity index (χ4v) is 3.40. The van der Waals surface area contributed by atoms with Crippen LogP contribution in [-0.2, 0) is 13.0 Å². The first-order chi connectivity index (χ1) is 15.7. The van der Waals surface area contributed by atoms with Crippen molar-refractivity contribution in [1.29, 1.82) is 0 Å². The van der Waals surface area contributed by atoms with Gasteiger partial charge in [-0.1, -0.05) is 6.92 Å². The molecule has 0 saturated carbocycles. The summed E-state index contributed by atoms with van der Waals surface area (Å²) in [5, 5.41) is 11.7. The molecular weight excluding hydrogens is 408 g/mol. The number of nitrogens with zero attached hydrogens (tertiary/aromatic N) is 7. The fraction of sp³-hybridized carbons (Fsp3) is 0.500. The summed E-state index contributed by atoms with van der Waals surface area (Å²) >= 11 is 0. The smallest absolute Gasteiger partial charge is 0.254 e. The molecule has 4 rings (SSSR count). The Morgan fingerprint density at radius 3 is 2.72 bits per heavy atom. The molecule has 3 aromatic heterocycles. The fourth-order valence-electron chi connectivity index (χ4n) is 3.40. The van der Waals surface area contributed by atoms with Crippen molar-refractivity contribution in [2.75, 3.05) is 51.7 Å². The molecule has 0 spiro atoms. The van der Waals surface area contributed by atoms with E-state index < -0.39 is 0 Å². The monoisotopic (exact) mass is 438 g/mol. The highest BCUT2D eigenvalue weighted by Gasteiger charge is 2.20. The van der Waals surface area contributed by atoms with Gasteiger partial charge in [-0.05, 0) is 37.6 Å². The van der Waals surface area contributed by atoms with Crippen LogP contribution in [0.15, 0.2) is 35.1 Å². The van der Waals surface area contributed by atoms with Crippen molar-refractivity contribution in [1.82, 2.24) is 34.9 Å². The predicted molar refractivity (Wildman–Crippen MR) is 120 cm³/mol. The number of nitrogens with one attached hydrogen (secondary N) is 1. The zero-order valence-corrected chi connectivity index (χ0v) is 18.7. The minimum atomic E-state index is 0.378. The lowest BCUT2D eigenvalue weighted by Crippen LogP contribution is -2.43. The number of pyridine rings is 1. The first-order valence-electron chi connectivity index (χ1n) is 11.1. The van der Waals surface area contributed by atoms with Crippen LogP contribution in [0.4, 0.5) is 5.95 Å². The van der Waals surface area contributed by atoms with E-state index in [2.05, 4.69) is 54.2 Å². The highest BCUT2D eigenvalue weighted by atomic mass is 16.5. The van der Waals surface area contributed by atoms with Gasteiger partial charge in [-0.25, -0.2) is 4.98 Å². The summed E-state index contributed by atoms with van der Waals surface area (Å²) in [7, 11) is 2.14. The van der Waals surface area contributed by atoms with E-state index in [1.807, 2.05) is 12.1 Å². The van der Waals surface area contributed by atoms with E-state index >= 15 is 0 Å². The lowest BCUT2D eigenvalue weighted by atomic mass is 10.2. The average Bonchev–Trinajstić information content (AvgIpc) is 3.28. The molecule has 0 atom stereocenters. The Hall–Kier alpha value is -3.11. The van der Waals surface area contributed by atoms with Crippen molar-refractivity contribution in [3.8, 4) is 17.3 Å². The Kier molecular flexibility index (Phi) is 7.57. The van der Waals surface area contributed by atoms with Crippen LogP contribution in [-0.4, -0.2) is 81.3 Å². The van der Waals surface area contributed by atoms with Gasteiger partial charge in [-0.3, -0.25) is 9.88 Å². The average molecular weight is 439 g/mol. The number of likely N-dealkylation sites (N-methyl/N-ethyl adjacent to an activating group) is 1. The Bertz CT molecular complexity index is 973. The second-order valence-corrected chi connectivity index (χ2v) is 7.87. The molecule has 4 heterocycles. The molecule has 32 heavy (non-hydrogen) atoms. The van der Waals surface area contributed by atoms with E-state index in [1.165, 1.54) is 5.56 Å². The lowest BCUT2D eigenvalue weighted by Gasteiger charge is -2.31. The first-order valence-corrected chi connectivity index (χ1v) is 11.1. The molecule has 1 aliphatic rings. The first kappa shape index (κ1) is 22.1. The van der Waals surface area contributed by atoms with Gasteiger partial charge in [0.15, 0.2) is 0 Å². The Labute approximate surface area is 188 Å². The molecule has 1 aliphatic heterocycles. The van der Waals surface area contributed by atoms with E-state index in [0.29, 0.717) is 48.9 Å². The van der Waals surface area contributed by atoms with Crippen LogP contribution in [0.3, 0.4) is 0 Å². The minimum absolute atomic E-state index is 0.378. The third-order valence-corrected chi connectivity index (χ3v) is 5.29. The Morgan fingerprint density at radius 1 is 1.12 bits per heavy atom. The molecule has 10 heteroatoms. The van der Waals surface area contributed by atoms with Crippen LogP contribution in [0, 0.1) is 0 Å². The summed E-state index contributed by atoms with van der Waals surface area (Å²) in [6, 6.07) is 3.99. The third kappa shape index (κ3) is 5.98. The summed E-state index contributed by atoms with van der Waals surface area (Å²) in [5.41, 5.74) is 1.81. The molecule has 0 amide bonds. The third-order valence-electron chi connectivity index (χ3n) is 5.29. The normalized spacial score (nSPS) is 15.1. The van der Waals surface area contributed by atoms with E-state index in [1.54, 1.807) is 18.6 Å². The van der Waals surface area contributed by atoms with Crippen molar-refractivity contribution >= 4 is 5.95 Å². The predicted octanol–water partition coefficient (Wildman–Crippen LogP) is 2.11. The second kappa shape index (κ2) is 11.0. The van der Waals surface area contributed by atoms with E-state index in [0.717, 1.165) is 39.0 Å². The molecule has 0 bridgehead atoms. The standard InChI is InChI=1S/C22H30N8O2/c1-3-14-31-20-18(15-25-22(26-20)24-9-6-17-4-7-23-8-5-17)21-28-27-19(32-21)16-30-12-10-29(2)11-13-30/h4-5,7-8,15H,3,6,9-14,16H2,1-2H3,(H,24,25,26). The molecule has 0 aliphatic carbocycles. The SMILES string of the molecule is CCCOc1nc(NCCc2ccncc2)ncc1-c1nnc(CN2CCN(C)CC2)o1. The topological polar surface area (TPSA) is 105 Å². The van der Waals surface area contributed by atoms with Gasteiger partial charge in [-0.2, -0.15) is 4.98 Å². The summed E-state index contributed by atoms with van der Waals surface area (Å²) in [4.78, 5) is 17.7. The van der Waals surface area contributed by atoms with Crippen molar-refractivity contribution in [3.05, 3.63) is 42.2 Å². The molecule has 3 aromatic rings. The van der Waals surface area contributed by atoms with Gasteiger partial charge in [0, 0.05) is 51.3 Å². The summed E-state index contributed by atoms with van der Waals surface area (Å²) in [6.45, 7) is 8.00. The maximum atomic E-state index is 5.93. The molecule has 1 N–H and O–H groups in total. The molecular formula is C22H30N8O2. The zero-order chi connectivity index (χ0) is 22.2. The van der Waals surface area contributed by atoms with Crippen molar-refractivity contribution in [2.45, 2.75) is 26.3 Å². The summed E-state index contributed by atoms with van der Waals surface area (Å²) in [5.74, 6) is 1.92. The number of hydrogen-bond donors (Lipinski definition) is 1. The van der Waals surface area contributed by atoms with Gasteiger partial charge in [0.25, 0.3) is 5.89 Å². The zero-order valence-electron chi connectivity index (χ0n) is 18.7. The van der Waals surface area contributed by atoms with Crippen LogP contribution in [0.2, 0.25) is 0 Å². The number of hydrogen-bond acceptors (Lipinski definition) is 10. The molecule has 0 unspecified atom stereocenters. The van der Waals surface area contributed by atoms with Crippen LogP contribution in [0.1, 0.15) is 24.8 Å². The molecule has 1 fully saturated rings. The largest absolute Gasteiger partial charge is 0.477 e. The summed E-state index contributed by atoms with van der Waals surface area (Å²) < 4.78 is 11.8. The van der Waals surface area contributed by atoms with Crippen molar-refractivity contribution < 1.29 is 9.15 Å². The molecule has 0 aromatic carbocycles. The van der Waals surface area contributed by atoms with Gasteiger partial charge in [0.05, 0.1) is 13.2 Å². The highest BCUT2D eigenvalue weighted by molar-refractivity contribution is 5.59. The van der Waals surface area contributed by atoms with Crippen LogP contribution < -0.4 is 10.1 Å². The Balaban J connectivity index is 1.42. The van der Waals surface area contributed by atoms with E-state index in [-0.39, 0.29) is 0 Å². The van der Waals surface area contributed by atoms with Gasteiger partial charge in [0.2, 0.25) is 17.7 Å². The second-order valence-electron chi connectivity index (χ2n) is 7.87. The van der Waals surface area contributed by atoms with Crippen molar-refractivity contribution in [2.24, 2.45) is 0 Å². The molecule has 10 nitrogen and oxygen atoms in total. The highest BCUT2D eigenvalue weighted by Crippen LogP contribution is 2.28. The molecule has 170 valence electrons.